The van der Waals surface area contributed by atoms with E-state index in [1.54, 1.807) is 6.07 Å². The molecule has 3 aromatic rings. The summed E-state index contributed by atoms with van der Waals surface area (Å²) in [5.74, 6) is -0.308. The zero-order valence-corrected chi connectivity index (χ0v) is 14.5. The van der Waals surface area contributed by atoms with E-state index in [2.05, 4.69) is 10.3 Å². The number of aromatic hydroxyl groups is 2. The minimum Gasteiger partial charge on any atom is -0.504 e. The molecular formula is C16H14Cl2N2O2S. The molecule has 0 spiro atoms. The maximum Gasteiger partial charge on any atom is 0.187 e. The predicted molar refractivity (Wildman–Crippen MR) is 97.6 cm³/mol. The fourth-order valence-electron chi connectivity index (χ4n) is 1.99. The van der Waals surface area contributed by atoms with Gasteiger partial charge in [0.2, 0.25) is 0 Å². The highest BCUT2D eigenvalue weighted by Gasteiger charge is 2.08. The van der Waals surface area contributed by atoms with Gasteiger partial charge in [0.25, 0.3) is 0 Å². The van der Waals surface area contributed by atoms with Crippen LogP contribution in [0.1, 0.15) is 5.56 Å². The number of nitrogens with one attached hydrogen (secondary N) is 1. The highest BCUT2D eigenvalue weighted by molar-refractivity contribution is 7.14. The number of aromatic nitrogens is 1. The van der Waals surface area contributed by atoms with Crippen LogP contribution in [0.5, 0.6) is 11.5 Å². The Balaban J connectivity index is 0.00000192. The quantitative estimate of drug-likeness (QED) is 0.545. The molecule has 120 valence electrons. The van der Waals surface area contributed by atoms with Crippen molar-refractivity contribution in [2.75, 3.05) is 5.32 Å². The summed E-state index contributed by atoms with van der Waals surface area (Å²) < 4.78 is 0. The smallest absolute Gasteiger partial charge is 0.187 e. The van der Waals surface area contributed by atoms with E-state index < -0.39 is 0 Å². The number of hydrogen-bond donors (Lipinski definition) is 3. The van der Waals surface area contributed by atoms with E-state index in [4.69, 9.17) is 11.6 Å². The number of phenolic OH excluding ortho intramolecular Hbond substituents is 2. The van der Waals surface area contributed by atoms with Gasteiger partial charge >= 0.3 is 0 Å². The predicted octanol–water partition coefficient (Wildman–Crippen LogP) is 5.35. The van der Waals surface area contributed by atoms with Gasteiger partial charge in [-0.3, -0.25) is 0 Å². The number of rotatable bonds is 3. The Hall–Kier alpha value is -1.95. The van der Waals surface area contributed by atoms with E-state index in [9.17, 15) is 10.2 Å². The summed E-state index contributed by atoms with van der Waals surface area (Å²) in [7, 11) is 0. The molecular weight excluding hydrogens is 355 g/mol. The van der Waals surface area contributed by atoms with E-state index >= 15 is 0 Å². The van der Waals surface area contributed by atoms with Gasteiger partial charge in [-0.2, -0.15) is 0 Å². The van der Waals surface area contributed by atoms with Gasteiger partial charge in [0, 0.05) is 21.7 Å². The summed E-state index contributed by atoms with van der Waals surface area (Å²) >= 11 is 7.46. The Bertz CT molecular complexity index is 837. The summed E-state index contributed by atoms with van der Waals surface area (Å²) in [6, 6.07) is 10.3. The van der Waals surface area contributed by atoms with Crippen LogP contribution in [0.25, 0.3) is 11.3 Å². The van der Waals surface area contributed by atoms with Crippen molar-refractivity contribution in [3.05, 3.63) is 52.4 Å². The number of anilines is 2. The first-order chi connectivity index (χ1) is 10.5. The molecule has 0 saturated heterocycles. The molecule has 0 fully saturated rings. The first-order valence-electron chi connectivity index (χ1n) is 6.54. The second-order valence-electron chi connectivity index (χ2n) is 4.83. The largest absolute Gasteiger partial charge is 0.504 e. The first-order valence-corrected chi connectivity index (χ1v) is 7.80. The summed E-state index contributed by atoms with van der Waals surface area (Å²) in [4.78, 5) is 4.49. The number of phenols is 2. The van der Waals surface area contributed by atoms with Gasteiger partial charge < -0.3 is 15.5 Å². The molecule has 0 radical (unpaired) electrons. The highest BCUT2D eigenvalue weighted by Crippen LogP contribution is 2.33. The number of aryl methyl sites for hydroxylation is 1. The maximum atomic E-state index is 9.57. The van der Waals surface area contributed by atoms with Crippen molar-refractivity contribution in [2.45, 2.75) is 6.92 Å². The Morgan fingerprint density at radius 2 is 1.87 bits per heavy atom. The minimum absolute atomic E-state index is 0. The molecule has 23 heavy (non-hydrogen) atoms. The molecule has 1 heterocycles. The van der Waals surface area contributed by atoms with Crippen LogP contribution in [-0.4, -0.2) is 15.2 Å². The average molecular weight is 369 g/mol. The van der Waals surface area contributed by atoms with Crippen molar-refractivity contribution >= 4 is 46.2 Å². The molecule has 0 bridgehead atoms. The van der Waals surface area contributed by atoms with Crippen LogP contribution in [-0.2, 0) is 0 Å². The molecule has 7 heteroatoms. The first kappa shape index (κ1) is 17.4. The highest BCUT2D eigenvalue weighted by atomic mass is 35.5. The Morgan fingerprint density at radius 1 is 1.09 bits per heavy atom. The Kier molecular flexibility index (Phi) is 5.36. The van der Waals surface area contributed by atoms with Crippen LogP contribution >= 0.6 is 35.3 Å². The van der Waals surface area contributed by atoms with Crippen molar-refractivity contribution in [3.63, 3.8) is 0 Å². The minimum atomic E-state index is -0.161. The van der Waals surface area contributed by atoms with E-state index in [1.165, 1.54) is 23.5 Å². The normalized spacial score (nSPS) is 10.2. The second kappa shape index (κ2) is 7.08. The topological polar surface area (TPSA) is 65.4 Å². The van der Waals surface area contributed by atoms with Gasteiger partial charge in [0.05, 0.1) is 5.69 Å². The molecule has 0 unspecified atom stereocenters. The van der Waals surface area contributed by atoms with Gasteiger partial charge in [0.1, 0.15) is 0 Å². The third-order valence-corrected chi connectivity index (χ3v) is 4.21. The lowest BCUT2D eigenvalue weighted by molar-refractivity contribution is 0.404. The van der Waals surface area contributed by atoms with Crippen LogP contribution in [0.3, 0.4) is 0 Å². The zero-order valence-electron chi connectivity index (χ0n) is 12.1. The molecule has 0 aliphatic carbocycles. The molecule has 0 atom stereocenters. The number of thiazole rings is 1. The third-order valence-electron chi connectivity index (χ3n) is 3.22. The van der Waals surface area contributed by atoms with Gasteiger partial charge in [-0.1, -0.05) is 17.7 Å². The number of halogens is 2. The summed E-state index contributed by atoms with van der Waals surface area (Å²) in [5, 5.41) is 25.4. The van der Waals surface area contributed by atoms with Gasteiger partial charge in [-0.25, -0.2) is 4.98 Å². The van der Waals surface area contributed by atoms with Crippen LogP contribution in [0.2, 0.25) is 5.02 Å². The Labute approximate surface area is 148 Å². The van der Waals surface area contributed by atoms with Crippen LogP contribution in [0, 0.1) is 6.92 Å². The zero-order chi connectivity index (χ0) is 15.7. The van der Waals surface area contributed by atoms with E-state index in [1.807, 2.05) is 30.5 Å². The van der Waals surface area contributed by atoms with E-state index in [0.717, 1.165) is 27.6 Å². The summed E-state index contributed by atoms with van der Waals surface area (Å²) in [6.45, 7) is 1.99. The van der Waals surface area contributed by atoms with E-state index in [-0.39, 0.29) is 23.9 Å². The molecule has 0 aliphatic heterocycles. The molecule has 1 aromatic heterocycles. The summed E-state index contributed by atoms with van der Waals surface area (Å²) in [5.41, 5.74) is 3.44. The van der Waals surface area contributed by atoms with Crippen molar-refractivity contribution < 1.29 is 10.2 Å². The fourth-order valence-corrected chi connectivity index (χ4v) is 2.89. The van der Waals surface area contributed by atoms with Crippen LogP contribution in [0.4, 0.5) is 10.8 Å². The fraction of sp³-hybridized carbons (Fsp3) is 0.0625. The molecule has 0 aliphatic rings. The lowest BCUT2D eigenvalue weighted by Gasteiger charge is -2.06. The second-order valence-corrected chi connectivity index (χ2v) is 6.12. The van der Waals surface area contributed by atoms with Crippen LogP contribution in [0.15, 0.2) is 41.8 Å². The molecule has 2 aromatic carbocycles. The molecule has 0 saturated carbocycles. The van der Waals surface area contributed by atoms with E-state index in [0.29, 0.717) is 5.02 Å². The standard InChI is InChI=1S/C16H13ClN2O2S.ClH/c1-9-2-4-11(17)7-12(9)18-16-19-13(8-22-16)10-3-5-14(20)15(21)6-10;/h2-8,20-21H,1H3,(H,18,19);1H. The molecule has 4 nitrogen and oxygen atoms in total. The van der Waals surface area contributed by atoms with Gasteiger partial charge in [0.15, 0.2) is 16.6 Å². The molecule has 3 rings (SSSR count). The Morgan fingerprint density at radius 3 is 2.61 bits per heavy atom. The average Bonchev–Trinajstić information content (AvgIpc) is 2.94. The van der Waals surface area contributed by atoms with Gasteiger partial charge in [-0.05, 0) is 42.8 Å². The lowest BCUT2D eigenvalue weighted by atomic mass is 10.1. The van der Waals surface area contributed by atoms with Gasteiger partial charge in [-0.15, -0.1) is 23.7 Å². The number of benzene rings is 2. The maximum absolute atomic E-state index is 9.57. The summed E-state index contributed by atoms with van der Waals surface area (Å²) in [6.07, 6.45) is 0. The van der Waals surface area contributed by atoms with Crippen molar-refractivity contribution in [1.82, 2.24) is 4.98 Å². The van der Waals surface area contributed by atoms with Crippen LogP contribution < -0.4 is 5.32 Å². The SMILES string of the molecule is Cc1ccc(Cl)cc1Nc1nc(-c2ccc(O)c(O)c2)cs1.Cl. The third kappa shape index (κ3) is 3.88. The monoisotopic (exact) mass is 368 g/mol. The van der Waals surface area contributed by atoms with Crippen molar-refractivity contribution in [3.8, 4) is 22.8 Å². The number of nitrogens with zero attached hydrogens (tertiary/aromatic N) is 1. The number of hydrogen-bond acceptors (Lipinski definition) is 5. The lowest BCUT2D eigenvalue weighted by Crippen LogP contribution is -1.92. The molecule has 3 N–H and O–H groups in total. The molecule has 0 amide bonds. The van der Waals surface area contributed by atoms with Crippen molar-refractivity contribution in [1.29, 1.82) is 0 Å². The van der Waals surface area contributed by atoms with Crippen molar-refractivity contribution in [2.24, 2.45) is 0 Å².